The maximum atomic E-state index is 5.12. The van der Waals surface area contributed by atoms with E-state index in [-0.39, 0.29) is 0 Å². The highest BCUT2D eigenvalue weighted by Crippen LogP contribution is 2.14. The summed E-state index contributed by atoms with van der Waals surface area (Å²) in [4.78, 5) is 0. The Morgan fingerprint density at radius 2 is 2.00 bits per heavy atom. The van der Waals surface area contributed by atoms with Gasteiger partial charge >= 0.3 is 0 Å². The zero-order chi connectivity index (χ0) is 11.8. The highest BCUT2D eigenvalue weighted by molar-refractivity contribution is 5.45. The zero-order valence-corrected chi connectivity index (χ0v) is 10.6. The number of nitrogens with one attached hydrogen (secondary N) is 1. The van der Waals surface area contributed by atoms with Crippen molar-refractivity contribution in [2.24, 2.45) is 5.92 Å². The van der Waals surface area contributed by atoms with Crippen molar-refractivity contribution in [1.29, 1.82) is 0 Å². The molecule has 0 bridgehead atoms. The Morgan fingerprint density at radius 3 is 2.62 bits per heavy atom. The Bertz CT molecular complexity index is 295. The summed E-state index contributed by atoms with van der Waals surface area (Å²) in [5, 5.41) is 3.49. The molecule has 0 aromatic heterocycles. The van der Waals surface area contributed by atoms with Gasteiger partial charge in [0.15, 0.2) is 0 Å². The molecule has 0 amide bonds. The van der Waals surface area contributed by atoms with Crippen LogP contribution >= 0.6 is 0 Å². The predicted octanol–water partition coefficient (Wildman–Crippen LogP) is 3.68. The Hall–Kier alpha value is -1.02. The second-order valence-corrected chi connectivity index (χ2v) is 4.20. The van der Waals surface area contributed by atoms with Crippen LogP contribution in [0, 0.1) is 5.92 Å². The fourth-order valence-electron chi connectivity index (χ4n) is 1.78. The first-order valence-electron chi connectivity index (χ1n) is 6.11. The van der Waals surface area contributed by atoms with E-state index in [9.17, 15) is 0 Å². The second kappa shape index (κ2) is 7.29. The summed E-state index contributed by atoms with van der Waals surface area (Å²) >= 11 is 0. The van der Waals surface area contributed by atoms with Crippen molar-refractivity contribution in [3.8, 4) is 0 Å². The van der Waals surface area contributed by atoms with Crippen LogP contribution in [0.2, 0.25) is 0 Å². The Morgan fingerprint density at radius 1 is 1.25 bits per heavy atom. The van der Waals surface area contributed by atoms with Crippen molar-refractivity contribution in [1.82, 2.24) is 0 Å². The number of rotatable bonds is 7. The van der Waals surface area contributed by atoms with E-state index in [1.807, 2.05) is 0 Å². The first kappa shape index (κ1) is 13.0. The minimum absolute atomic E-state index is 0.681. The van der Waals surface area contributed by atoms with Gasteiger partial charge < -0.3 is 10.1 Å². The third-order valence-corrected chi connectivity index (χ3v) is 2.99. The van der Waals surface area contributed by atoms with E-state index in [4.69, 9.17) is 4.74 Å². The van der Waals surface area contributed by atoms with Crippen molar-refractivity contribution in [2.75, 3.05) is 19.0 Å². The normalized spacial score (nSPS) is 10.8. The summed E-state index contributed by atoms with van der Waals surface area (Å²) in [6.45, 7) is 6.23. The van der Waals surface area contributed by atoms with Crippen molar-refractivity contribution < 1.29 is 4.74 Å². The highest BCUT2D eigenvalue weighted by Gasteiger charge is 2.02. The van der Waals surface area contributed by atoms with Crippen molar-refractivity contribution in [3.63, 3.8) is 0 Å². The lowest BCUT2D eigenvalue weighted by Gasteiger charge is -2.14. The summed E-state index contributed by atoms with van der Waals surface area (Å²) in [6, 6.07) is 8.43. The predicted molar refractivity (Wildman–Crippen MR) is 69.7 cm³/mol. The fraction of sp³-hybridized carbons (Fsp3) is 0.571. The molecule has 0 fully saturated rings. The summed E-state index contributed by atoms with van der Waals surface area (Å²) in [5.41, 5.74) is 2.42. The molecule has 0 aliphatic rings. The Kier molecular flexibility index (Phi) is 5.94. The van der Waals surface area contributed by atoms with Gasteiger partial charge in [0, 0.05) is 19.3 Å². The van der Waals surface area contributed by atoms with Gasteiger partial charge in [-0.2, -0.15) is 0 Å². The number of hydrogen-bond acceptors (Lipinski definition) is 2. The van der Waals surface area contributed by atoms with E-state index < -0.39 is 0 Å². The molecule has 1 N–H and O–H groups in total. The molecule has 0 saturated carbocycles. The van der Waals surface area contributed by atoms with E-state index >= 15 is 0 Å². The van der Waals surface area contributed by atoms with Crippen LogP contribution in [0.15, 0.2) is 24.3 Å². The second-order valence-electron chi connectivity index (χ2n) is 4.20. The van der Waals surface area contributed by atoms with Crippen LogP contribution < -0.4 is 5.32 Å². The SMILES string of the molecule is CCC(CC)CNc1cccc(COC)c1. The molecule has 1 rings (SSSR count). The van der Waals surface area contributed by atoms with Crippen LogP contribution in [-0.4, -0.2) is 13.7 Å². The lowest BCUT2D eigenvalue weighted by molar-refractivity contribution is 0.185. The molecule has 0 aliphatic heterocycles. The largest absolute Gasteiger partial charge is 0.385 e. The zero-order valence-electron chi connectivity index (χ0n) is 10.6. The monoisotopic (exact) mass is 221 g/mol. The Balaban J connectivity index is 2.49. The number of hydrogen-bond donors (Lipinski definition) is 1. The minimum atomic E-state index is 0.681. The summed E-state index contributed by atoms with van der Waals surface area (Å²) in [5.74, 6) is 0.770. The molecule has 0 aliphatic carbocycles. The van der Waals surface area contributed by atoms with E-state index in [1.54, 1.807) is 7.11 Å². The standard InChI is InChI=1S/C14H23NO/c1-4-12(5-2)10-15-14-8-6-7-13(9-14)11-16-3/h6-9,12,15H,4-5,10-11H2,1-3H3. The van der Waals surface area contributed by atoms with Gasteiger partial charge in [0.1, 0.15) is 0 Å². The van der Waals surface area contributed by atoms with Crippen LogP contribution in [0.25, 0.3) is 0 Å². The Labute approximate surface area is 99.0 Å². The number of benzene rings is 1. The first-order chi connectivity index (χ1) is 7.80. The van der Waals surface area contributed by atoms with E-state index in [0.29, 0.717) is 6.61 Å². The molecular formula is C14H23NO. The number of ether oxygens (including phenoxy) is 1. The third kappa shape index (κ3) is 4.23. The summed E-state index contributed by atoms with van der Waals surface area (Å²) in [6.07, 6.45) is 2.47. The van der Waals surface area contributed by atoms with Gasteiger partial charge in [-0.1, -0.05) is 38.8 Å². The average molecular weight is 221 g/mol. The van der Waals surface area contributed by atoms with Gasteiger partial charge in [0.25, 0.3) is 0 Å². The fourth-order valence-corrected chi connectivity index (χ4v) is 1.78. The molecule has 1 aromatic carbocycles. The van der Waals surface area contributed by atoms with Gasteiger partial charge in [-0.25, -0.2) is 0 Å². The van der Waals surface area contributed by atoms with Gasteiger partial charge in [-0.05, 0) is 23.6 Å². The lowest BCUT2D eigenvalue weighted by Crippen LogP contribution is -2.12. The number of anilines is 1. The van der Waals surface area contributed by atoms with E-state index in [1.165, 1.54) is 24.1 Å². The lowest BCUT2D eigenvalue weighted by atomic mass is 10.0. The number of methoxy groups -OCH3 is 1. The van der Waals surface area contributed by atoms with Gasteiger partial charge in [0.05, 0.1) is 6.61 Å². The molecule has 16 heavy (non-hydrogen) atoms. The van der Waals surface area contributed by atoms with E-state index in [0.717, 1.165) is 12.5 Å². The maximum Gasteiger partial charge on any atom is 0.0713 e. The molecule has 90 valence electrons. The summed E-state index contributed by atoms with van der Waals surface area (Å²) in [7, 11) is 1.73. The van der Waals surface area contributed by atoms with Crippen LogP contribution in [-0.2, 0) is 11.3 Å². The molecular weight excluding hydrogens is 198 g/mol. The maximum absolute atomic E-state index is 5.12. The minimum Gasteiger partial charge on any atom is -0.385 e. The molecule has 2 nitrogen and oxygen atoms in total. The third-order valence-electron chi connectivity index (χ3n) is 2.99. The van der Waals surface area contributed by atoms with Gasteiger partial charge in [0.2, 0.25) is 0 Å². The molecule has 0 atom stereocenters. The molecule has 0 saturated heterocycles. The molecule has 1 aromatic rings. The topological polar surface area (TPSA) is 21.3 Å². The van der Waals surface area contributed by atoms with Crippen LogP contribution in [0.5, 0.6) is 0 Å². The quantitative estimate of drug-likeness (QED) is 0.758. The van der Waals surface area contributed by atoms with E-state index in [2.05, 4.69) is 43.4 Å². The van der Waals surface area contributed by atoms with Crippen LogP contribution in [0.4, 0.5) is 5.69 Å². The van der Waals surface area contributed by atoms with Gasteiger partial charge in [-0.15, -0.1) is 0 Å². The van der Waals surface area contributed by atoms with Gasteiger partial charge in [-0.3, -0.25) is 0 Å². The smallest absolute Gasteiger partial charge is 0.0713 e. The molecule has 2 heteroatoms. The molecule has 0 heterocycles. The van der Waals surface area contributed by atoms with Crippen molar-refractivity contribution in [3.05, 3.63) is 29.8 Å². The van der Waals surface area contributed by atoms with Crippen LogP contribution in [0.3, 0.4) is 0 Å². The molecule has 0 unspecified atom stereocenters. The molecule has 0 spiro atoms. The highest BCUT2D eigenvalue weighted by atomic mass is 16.5. The summed E-state index contributed by atoms with van der Waals surface area (Å²) < 4.78 is 5.12. The average Bonchev–Trinajstić information content (AvgIpc) is 2.31. The first-order valence-corrected chi connectivity index (χ1v) is 6.11. The molecule has 0 radical (unpaired) electrons. The van der Waals surface area contributed by atoms with Crippen molar-refractivity contribution in [2.45, 2.75) is 33.3 Å². The van der Waals surface area contributed by atoms with Crippen molar-refractivity contribution >= 4 is 5.69 Å². The van der Waals surface area contributed by atoms with Crippen LogP contribution in [0.1, 0.15) is 32.3 Å².